The fraction of sp³-hybridized carbons (Fsp3) is 0.704. The third kappa shape index (κ3) is 5.99. The van der Waals surface area contributed by atoms with Crippen molar-refractivity contribution >= 4 is 11.5 Å². The van der Waals surface area contributed by atoms with Gasteiger partial charge in [0.25, 0.3) is 5.91 Å². The van der Waals surface area contributed by atoms with E-state index in [1.165, 1.54) is 18.4 Å². The van der Waals surface area contributed by atoms with Gasteiger partial charge in [0.2, 0.25) is 5.88 Å². The standard InChI is InChI=1S/C27H41N3O4/c1-19-15-30(20(2)18-31)27(32)24-13-23(22-7-5-4-6-8-22)14-28-26(24)34-25(19)17-29(3)16-21-9-11-33-12-10-21/h7,13-14,19-21,25,31H,4-6,8-12,15-18H2,1-3H3/t19-,20+,25+/m0/s1. The zero-order valence-corrected chi connectivity index (χ0v) is 21.0. The molecule has 0 aromatic carbocycles. The smallest absolute Gasteiger partial charge is 0.259 e. The summed E-state index contributed by atoms with van der Waals surface area (Å²) in [6, 6.07) is 1.69. The van der Waals surface area contributed by atoms with Crippen LogP contribution in [0.15, 0.2) is 18.3 Å². The molecule has 1 aliphatic carbocycles. The molecular weight excluding hydrogens is 430 g/mol. The molecule has 7 nitrogen and oxygen atoms in total. The second-order valence-corrected chi connectivity index (χ2v) is 10.5. The Hall–Kier alpha value is -1.96. The Morgan fingerprint density at radius 3 is 2.76 bits per heavy atom. The molecule has 1 aromatic rings. The van der Waals surface area contributed by atoms with E-state index in [9.17, 15) is 9.90 Å². The topological polar surface area (TPSA) is 75.1 Å². The van der Waals surface area contributed by atoms with E-state index in [1.807, 2.05) is 19.2 Å². The largest absolute Gasteiger partial charge is 0.472 e. The molecule has 3 heterocycles. The number of allylic oxidation sites excluding steroid dienone is 2. The molecule has 0 bridgehead atoms. The minimum atomic E-state index is -0.265. The molecule has 1 fully saturated rings. The number of ether oxygens (including phenoxy) is 2. The van der Waals surface area contributed by atoms with Gasteiger partial charge in [0, 0.05) is 45.0 Å². The van der Waals surface area contributed by atoms with Crippen molar-refractivity contribution in [1.82, 2.24) is 14.8 Å². The van der Waals surface area contributed by atoms with E-state index >= 15 is 0 Å². The first kappa shape index (κ1) is 25.1. The summed E-state index contributed by atoms with van der Waals surface area (Å²) in [6.07, 6.45) is 10.7. The van der Waals surface area contributed by atoms with Crippen LogP contribution in [0.1, 0.15) is 68.3 Å². The number of rotatable bonds is 7. The average molecular weight is 472 g/mol. The lowest BCUT2D eigenvalue weighted by Gasteiger charge is -2.38. The van der Waals surface area contributed by atoms with E-state index in [-0.39, 0.29) is 30.6 Å². The molecule has 7 heteroatoms. The predicted molar refractivity (Wildman–Crippen MR) is 133 cm³/mol. The highest BCUT2D eigenvalue weighted by Crippen LogP contribution is 2.32. The lowest BCUT2D eigenvalue weighted by Crippen LogP contribution is -2.50. The fourth-order valence-corrected chi connectivity index (χ4v) is 5.35. The molecule has 34 heavy (non-hydrogen) atoms. The predicted octanol–water partition coefficient (Wildman–Crippen LogP) is 3.62. The van der Waals surface area contributed by atoms with Gasteiger partial charge in [-0.15, -0.1) is 0 Å². The molecule has 0 spiro atoms. The molecule has 3 aliphatic rings. The molecule has 1 aromatic heterocycles. The minimum absolute atomic E-state index is 0.0682. The second kappa shape index (κ2) is 11.6. The highest BCUT2D eigenvalue weighted by Gasteiger charge is 2.34. The summed E-state index contributed by atoms with van der Waals surface area (Å²) in [7, 11) is 2.15. The van der Waals surface area contributed by atoms with Crippen molar-refractivity contribution in [3.05, 3.63) is 29.5 Å². The van der Waals surface area contributed by atoms with Gasteiger partial charge in [-0.05, 0) is 75.6 Å². The van der Waals surface area contributed by atoms with Gasteiger partial charge < -0.3 is 24.4 Å². The molecule has 1 N–H and O–H groups in total. The number of fused-ring (bicyclic) bond motifs is 1. The molecule has 3 atom stereocenters. The van der Waals surface area contributed by atoms with Crippen LogP contribution in [-0.2, 0) is 4.74 Å². The summed E-state index contributed by atoms with van der Waals surface area (Å²) in [5.41, 5.74) is 2.78. The van der Waals surface area contributed by atoms with Crippen LogP contribution in [0.25, 0.3) is 5.57 Å². The van der Waals surface area contributed by atoms with Gasteiger partial charge in [0.05, 0.1) is 12.6 Å². The Morgan fingerprint density at radius 1 is 1.26 bits per heavy atom. The van der Waals surface area contributed by atoms with Crippen molar-refractivity contribution in [2.24, 2.45) is 11.8 Å². The van der Waals surface area contributed by atoms with Crippen molar-refractivity contribution in [2.75, 3.05) is 46.5 Å². The minimum Gasteiger partial charge on any atom is -0.472 e. The molecule has 4 rings (SSSR count). The SMILES string of the molecule is C[C@H](CO)N1C[C@H](C)[C@@H](CN(C)CC2CCOCC2)Oc2ncc(C3=CCCCC3)cc2C1=O. The zero-order chi connectivity index (χ0) is 24.1. The van der Waals surface area contributed by atoms with Crippen molar-refractivity contribution in [1.29, 1.82) is 0 Å². The van der Waals surface area contributed by atoms with Crippen LogP contribution >= 0.6 is 0 Å². The summed E-state index contributed by atoms with van der Waals surface area (Å²) < 4.78 is 12.0. The number of aliphatic hydroxyl groups is 1. The Balaban J connectivity index is 1.59. The van der Waals surface area contributed by atoms with Crippen molar-refractivity contribution in [3.63, 3.8) is 0 Å². The summed E-state index contributed by atoms with van der Waals surface area (Å²) in [5, 5.41) is 9.88. The Morgan fingerprint density at radius 2 is 2.06 bits per heavy atom. The Labute approximate surface area is 204 Å². The molecule has 1 amide bonds. The highest BCUT2D eigenvalue weighted by atomic mass is 16.5. The van der Waals surface area contributed by atoms with Crippen LogP contribution in [0.2, 0.25) is 0 Å². The number of carbonyl (C=O) groups is 1. The number of aliphatic hydroxyl groups excluding tert-OH is 1. The summed E-state index contributed by atoms with van der Waals surface area (Å²) in [5.74, 6) is 1.05. The van der Waals surface area contributed by atoms with Crippen molar-refractivity contribution in [3.8, 4) is 5.88 Å². The number of pyridine rings is 1. The van der Waals surface area contributed by atoms with Gasteiger partial charge in [-0.2, -0.15) is 0 Å². The molecule has 0 saturated carbocycles. The van der Waals surface area contributed by atoms with Crippen molar-refractivity contribution in [2.45, 2.75) is 64.5 Å². The van der Waals surface area contributed by atoms with Crippen LogP contribution in [-0.4, -0.2) is 84.4 Å². The van der Waals surface area contributed by atoms with Gasteiger partial charge in [-0.1, -0.05) is 13.0 Å². The number of hydrogen-bond donors (Lipinski definition) is 1. The van der Waals surface area contributed by atoms with E-state index in [0.29, 0.717) is 23.9 Å². The summed E-state index contributed by atoms with van der Waals surface area (Å²) >= 11 is 0. The van der Waals surface area contributed by atoms with E-state index in [1.54, 1.807) is 4.90 Å². The maximum Gasteiger partial charge on any atom is 0.259 e. The number of likely N-dealkylation sites (N-methyl/N-ethyl adjacent to an activating group) is 1. The van der Waals surface area contributed by atoms with Gasteiger partial charge in [0.15, 0.2) is 0 Å². The highest BCUT2D eigenvalue weighted by molar-refractivity contribution is 5.97. The van der Waals surface area contributed by atoms with Crippen LogP contribution in [0.3, 0.4) is 0 Å². The molecule has 0 unspecified atom stereocenters. The van der Waals surface area contributed by atoms with Crippen LogP contribution < -0.4 is 4.74 Å². The number of nitrogens with zero attached hydrogens (tertiary/aromatic N) is 3. The summed E-state index contributed by atoms with van der Waals surface area (Å²) in [4.78, 5) is 22.4. The van der Waals surface area contributed by atoms with Gasteiger partial charge in [0.1, 0.15) is 11.7 Å². The first-order valence-corrected chi connectivity index (χ1v) is 13.0. The number of aromatic nitrogens is 1. The summed E-state index contributed by atoms with van der Waals surface area (Å²) in [6.45, 7) is 7.98. The quantitative estimate of drug-likeness (QED) is 0.655. The third-order valence-corrected chi connectivity index (χ3v) is 7.59. The van der Waals surface area contributed by atoms with Gasteiger partial charge >= 0.3 is 0 Å². The van der Waals surface area contributed by atoms with E-state index < -0.39 is 0 Å². The molecule has 0 radical (unpaired) electrons. The van der Waals surface area contributed by atoms with E-state index in [0.717, 1.165) is 57.6 Å². The number of carbonyl (C=O) groups excluding carboxylic acids is 1. The first-order chi connectivity index (χ1) is 16.5. The van der Waals surface area contributed by atoms with Crippen LogP contribution in [0, 0.1) is 11.8 Å². The number of hydrogen-bond acceptors (Lipinski definition) is 6. The molecule has 1 saturated heterocycles. The lowest BCUT2D eigenvalue weighted by molar-refractivity contribution is 0.0254. The Kier molecular flexibility index (Phi) is 8.61. The monoisotopic (exact) mass is 471 g/mol. The molecular formula is C27H41N3O4. The van der Waals surface area contributed by atoms with Gasteiger partial charge in [-0.3, -0.25) is 4.79 Å². The third-order valence-electron chi connectivity index (χ3n) is 7.59. The van der Waals surface area contributed by atoms with Crippen LogP contribution in [0.4, 0.5) is 0 Å². The number of amides is 1. The van der Waals surface area contributed by atoms with Crippen LogP contribution in [0.5, 0.6) is 5.88 Å². The molecule has 2 aliphatic heterocycles. The normalized spacial score (nSPS) is 25.3. The van der Waals surface area contributed by atoms with E-state index in [4.69, 9.17) is 9.47 Å². The van der Waals surface area contributed by atoms with E-state index in [2.05, 4.69) is 29.9 Å². The maximum atomic E-state index is 13.6. The fourth-order valence-electron chi connectivity index (χ4n) is 5.35. The molecule has 188 valence electrons. The van der Waals surface area contributed by atoms with Gasteiger partial charge in [-0.25, -0.2) is 4.98 Å². The lowest BCUT2D eigenvalue weighted by atomic mass is 9.93. The average Bonchev–Trinajstić information content (AvgIpc) is 2.86. The Bertz CT molecular complexity index is 867. The van der Waals surface area contributed by atoms with Crippen molar-refractivity contribution < 1.29 is 19.4 Å². The maximum absolute atomic E-state index is 13.6. The second-order valence-electron chi connectivity index (χ2n) is 10.5. The zero-order valence-electron chi connectivity index (χ0n) is 21.0. The first-order valence-electron chi connectivity index (χ1n) is 13.0.